The molecule has 4 aromatic rings. The molecule has 0 aliphatic heterocycles. The van der Waals surface area contributed by atoms with Gasteiger partial charge >= 0.3 is 0 Å². The van der Waals surface area contributed by atoms with Crippen molar-refractivity contribution < 1.29 is 0 Å². The van der Waals surface area contributed by atoms with E-state index < -0.39 is 0 Å². The maximum absolute atomic E-state index is 6.47. The van der Waals surface area contributed by atoms with Crippen molar-refractivity contribution in [3.05, 3.63) is 85.1 Å². The number of rotatable bonds is 2. The molecule has 2 N–H and O–H groups in total. The van der Waals surface area contributed by atoms with Crippen molar-refractivity contribution in [2.45, 2.75) is 0 Å². The molecule has 0 saturated heterocycles. The van der Waals surface area contributed by atoms with Gasteiger partial charge in [-0.15, -0.1) is 0 Å². The first-order chi connectivity index (χ1) is 10.9. The van der Waals surface area contributed by atoms with Gasteiger partial charge in [-0.25, -0.2) is 0 Å². The molecule has 0 saturated carbocycles. The van der Waals surface area contributed by atoms with Crippen LogP contribution in [0, 0.1) is 0 Å². The van der Waals surface area contributed by atoms with E-state index >= 15 is 0 Å². The Labute approximate surface area is 129 Å². The Hall–Kier alpha value is -3.00. The van der Waals surface area contributed by atoms with Crippen LogP contribution in [0.25, 0.3) is 27.8 Å². The van der Waals surface area contributed by atoms with Gasteiger partial charge in [-0.3, -0.25) is 0 Å². The van der Waals surface area contributed by atoms with Crippen LogP contribution in [0.4, 0.5) is 5.82 Å². The molecule has 22 heavy (non-hydrogen) atoms. The van der Waals surface area contributed by atoms with E-state index in [0.717, 1.165) is 22.5 Å². The number of nitrogen functional groups attached to an aromatic ring is 1. The van der Waals surface area contributed by atoms with Gasteiger partial charge in [-0.05, 0) is 23.3 Å². The van der Waals surface area contributed by atoms with Gasteiger partial charge in [0.05, 0.1) is 5.52 Å². The van der Waals surface area contributed by atoms with Crippen molar-refractivity contribution in [3.8, 4) is 22.3 Å². The van der Waals surface area contributed by atoms with Gasteiger partial charge in [-0.2, -0.15) is 0 Å². The predicted molar refractivity (Wildman–Crippen MR) is 92.7 cm³/mol. The fraction of sp³-hybridized carbons (Fsp3) is 0. The minimum Gasteiger partial charge on any atom is -0.384 e. The predicted octanol–water partition coefficient (Wildman–Crippen LogP) is 4.86. The SMILES string of the molecule is Nc1c(-c2ccccc2)c(-c2ccccc2)c2ccccn12. The molecule has 0 amide bonds. The van der Waals surface area contributed by atoms with E-state index in [1.807, 2.05) is 36.5 Å². The maximum Gasteiger partial charge on any atom is 0.116 e. The number of fused-ring (bicyclic) bond motifs is 1. The summed E-state index contributed by atoms with van der Waals surface area (Å²) in [5.41, 5.74) is 12.2. The van der Waals surface area contributed by atoms with Crippen LogP contribution in [-0.2, 0) is 0 Å². The highest BCUT2D eigenvalue weighted by Crippen LogP contribution is 2.41. The number of anilines is 1. The molecule has 0 radical (unpaired) electrons. The highest BCUT2D eigenvalue weighted by molar-refractivity contribution is 6.00. The first kappa shape index (κ1) is 12.7. The molecule has 2 heteroatoms. The molecule has 0 aliphatic rings. The van der Waals surface area contributed by atoms with Crippen LogP contribution in [0.5, 0.6) is 0 Å². The van der Waals surface area contributed by atoms with E-state index in [9.17, 15) is 0 Å². The van der Waals surface area contributed by atoms with Crippen molar-refractivity contribution in [3.63, 3.8) is 0 Å². The van der Waals surface area contributed by atoms with Crippen LogP contribution >= 0.6 is 0 Å². The third-order valence-corrected chi connectivity index (χ3v) is 4.01. The lowest BCUT2D eigenvalue weighted by molar-refractivity contribution is 1.21. The Morgan fingerprint density at radius 1 is 0.591 bits per heavy atom. The lowest BCUT2D eigenvalue weighted by atomic mass is 9.97. The molecule has 0 unspecified atom stereocenters. The van der Waals surface area contributed by atoms with Gasteiger partial charge in [0.2, 0.25) is 0 Å². The van der Waals surface area contributed by atoms with Gasteiger partial charge in [0, 0.05) is 17.3 Å². The molecule has 0 aliphatic carbocycles. The summed E-state index contributed by atoms with van der Waals surface area (Å²) >= 11 is 0. The smallest absolute Gasteiger partial charge is 0.116 e. The molecule has 2 heterocycles. The summed E-state index contributed by atoms with van der Waals surface area (Å²) in [6.45, 7) is 0. The number of pyridine rings is 1. The zero-order valence-electron chi connectivity index (χ0n) is 12.1. The summed E-state index contributed by atoms with van der Waals surface area (Å²) < 4.78 is 2.06. The average Bonchev–Trinajstić information content (AvgIpc) is 2.90. The largest absolute Gasteiger partial charge is 0.384 e. The van der Waals surface area contributed by atoms with Crippen LogP contribution < -0.4 is 5.73 Å². The zero-order valence-corrected chi connectivity index (χ0v) is 12.1. The normalized spacial score (nSPS) is 10.9. The highest BCUT2D eigenvalue weighted by atomic mass is 15.0. The average molecular weight is 284 g/mol. The lowest BCUT2D eigenvalue weighted by Gasteiger charge is -2.06. The summed E-state index contributed by atoms with van der Waals surface area (Å²) in [5.74, 6) is 0.778. The number of aromatic nitrogens is 1. The Kier molecular flexibility index (Phi) is 2.94. The van der Waals surface area contributed by atoms with Crippen molar-refractivity contribution >= 4 is 11.3 Å². The molecular formula is C20H16N2. The summed E-state index contributed by atoms with van der Waals surface area (Å²) in [6.07, 6.45) is 2.02. The summed E-state index contributed by atoms with van der Waals surface area (Å²) in [4.78, 5) is 0. The number of nitrogens with two attached hydrogens (primary N) is 1. The second-order valence-electron chi connectivity index (χ2n) is 5.32. The van der Waals surface area contributed by atoms with Crippen LogP contribution in [0.1, 0.15) is 0 Å². The second-order valence-corrected chi connectivity index (χ2v) is 5.32. The molecular weight excluding hydrogens is 268 g/mol. The van der Waals surface area contributed by atoms with Crippen molar-refractivity contribution in [1.82, 2.24) is 4.40 Å². The summed E-state index contributed by atoms with van der Waals surface area (Å²) in [5, 5.41) is 0. The lowest BCUT2D eigenvalue weighted by Crippen LogP contribution is -1.93. The summed E-state index contributed by atoms with van der Waals surface area (Å²) in [7, 11) is 0. The molecule has 0 bridgehead atoms. The monoisotopic (exact) mass is 284 g/mol. The van der Waals surface area contributed by atoms with Gasteiger partial charge < -0.3 is 10.1 Å². The Morgan fingerprint density at radius 3 is 1.77 bits per heavy atom. The Bertz CT molecular complexity index is 922. The number of hydrogen-bond donors (Lipinski definition) is 1. The molecule has 2 aromatic carbocycles. The molecule has 0 fully saturated rings. The minimum atomic E-state index is 0.778. The van der Waals surface area contributed by atoms with Crippen LogP contribution in [-0.4, -0.2) is 4.40 Å². The van der Waals surface area contributed by atoms with Gasteiger partial charge in [0.25, 0.3) is 0 Å². The van der Waals surface area contributed by atoms with Crippen molar-refractivity contribution in [2.75, 3.05) is 5.73 Å². The quantitative estimate of drug-likeness (QED) is 0.560. The van der Waals surface area contributed by atoms with Crippen LogP contribution in [0.3, 0.4) is 0 Å². The molecule has 4 rings (SSSR count). The fourth-order valence-electron chi connectivity index (χ4n) is 3.03. The standard InChI is InChI=1S/C20H16N2/c21-20-19(16-11-5-2-6-12-16)18(15-9-3-1-4-10-15)17-13-7-8-14-22(17)20/h1-14H,21H2. The van der Waals surface area contributed by atoms with Gasteiger partial charge in [0.15, 0.2) is 0 Å². The number of benzene rings is 2. The number of hydrogen-bond acceptors (Lipinski definition) is 1. The highest BCUT2D eigenvalue weighted by Gasteiger charge is 2.18. The van der Waals surface area contributed by atoms with E-state index in [0.29, 0.717) is 0 Å². The van der Waals surface area contributed by atoms with E-state index in [2.05, 4.69) is 52.9 Å². The van der Waals surface area contributed by atoms with E-state index in [1.54, 1.807) is 0 Å². The van der Waals surface area contributed by atoms with Gasteiger partial charge in [-0.1, -0.05) is 66.7 Å². The van der Waals surface area contributed by atoms with E-state index in [1.165, 1.54) is 11.1 Å². The molecule has 106 valence electrons. The molecule has 0 spiro atoms. The van der Waals surface area contributed by atoms with Crippen molar-refractivity contribution in [2.24, 2.45) is 0 Å². The van der Waals surface area contributed by atoms with Crippen LogP contribution in [0.2, 0.25) is 0 Å². The van der Waals surface area contributed by atoms with E-state index in [4.69, 9.17) is 5.73 Å². The number of nitrogens with zero attached hydrogens (tertiary/aromatic N) is 1. The zero-order chi connectivity index (χ0) is 14.9. The van der Waals surface area contributed by atoms with Crippen LogP contribution in [0.15, 0.2) is 85.1 Å². The first-order valence-corrected chi connectivity index (χ1v) is 7.35. The third kappa shape index (κ3) is 1.89. The Morgan fingerprint density at radius 2 is 1.14 bits per heavy atom. The van der Waals surface area contributed by atoms with E-state index in [-0.39, 0.29) is 0 Å². The topological polar surface area (TPSA) is 30.4 Å². The van der Waals surface area contributed by atoms with Gasteiger partial charge in [0.1, 0.15) is 5.82 Å². The molecule has 0 atom stereocenters. The minimum absolute atomic E-state index is 0.778. The third-order valence-electron chi connectivity index (χ3n) is 4.01. The summed E-state index contributed by atoms with van der Waals surface area (Å²) in [6, 6.07) is 26.9. The van der Waals surface area contributed by atoms with Crippen molar-refractivity contribution in [1.29, 1.82) is 0 Å². The fourth-order valence-corrected chi connectivity index (χ4v) is 3.03. The Balaban J connectivity index is 2.14. The second kappa shape index (κ2) is 5.08. The molecule has 2 nitrogen and oxygen atoms in total. The molecule has 2 aromatic heterocycles. The maximum atomic E-state index is 6.47. The first-order valence-electron chi connectivity index (χ1n) is 7.35.